The highest BCUT2D eigenvalue weighted by Gasteiger charge is 2.72. The van der Waals surface area contributed by atoms with Gasteiger partial charge in [0.1, 0.15) is 17.6 Å². The molecule has 0 aromatic heterocycles. The van der Waals surface area contributed by atoms with E-state index in [0.717, 1.165) is 0 Å². The molecule has 4 rings (SSSR count). The number of aliphatic hydroxyl groups excluding tert-OH is 1. The number of cyclic esters (lactones) is 1. The number of aliphatic hydroxyl groups is 1. The van der Waals surface area contributed by atoms with Crippen LogP contribution in [0.4, 0.5) is 0 Å². The van der Waals surface area contributed by atoms with Gasteiger partial charge in [-0.3, -0.25) is 14.4 Å². The van der Waals surface area contributed by atoms with Crippen LogP contribution in [0.5, 0.6) is 0 Å². The molecule has 0 aromatic rings. The maximum Gasteiger partial charge on any atom is 0.312 e. The van der Waals surface area contributed by atoms with Crippen LogP contribution >= 0.6 is 0 Å². The molecule has 2 fully saturated rings. The van der Waals surface area contributed by atoms with Crippen molar-refractivity contribution in [3.63, 3.8) is 0 Å². The summed E-state index contributed by atoms with van der Waals surface area (Å²) in [6.45, 7) is 10.00. The number of nitrogens with zero attached hydrogens (tertiary/aromatic N) is 2. The number of amides is 2. The highest BCUT2D eigenvalue weighted by molar-refractivity contribution is 5.99. The van der Waals surface area contributed by atoms with Gasteiger partial charge in [-0.25, -0.2) is 0 Å². The number of fused-ring (bicyclic) bond motifs is 2. The molecule has 8 heteroatoms. The summed E-state index contributed by atoms with van der Waals surface area (Å²) in [5, 5.41) is 10.2. The van der Waals surface area contributed by atoms with Crippen LogP contribution in [0.3, 0.4) is 0 Å². The van der Waals surface area contributed by atoms with Gasteiger partial charge in [0, 0.05) is 12.1 Å². The molecule has 4 heterocycles. The third kappa shape index (κ3) is 3.30. The fraction of sp³-hybridized carbons (Fsp3) is 0.708. The van der Waals surface area contributed by atoms with E-state index in [4.69, 9.17) is 9.47 Å². The van der Waals surface area contributed by atoms with Crippen LogP contribution in [0, 0.1) is 17.8 Å². The lowest BCUT2D eigenvalue weighted by molar-refractivity contribution is -0.158. The van der Waals surface area contributed by atoms with E-state index in [0.29, 0.717) is 13.0 Å². The van der Waals surface area contributed by atoms with Crippen molar-refractivity contribution >= 4 is 17.8 Å². The van der Waals surface area contributed by atoms with E-state index in [1.165, 1.54) is 4.90 Å². The van der Waals surface area contributed by atoms with E-state index in [-0.39, 0.29) is 30.9 Å². The molecular weight excluding hydrogens is 412 g/mol. The summed E-state index contributed by atoms with van der Waals surface area (Å²) >= 11 is 0. The Morgan fingerprint density at radius 1 is 1.19 bits per heavy atom. The Balaban J connectivity index is 1.90. The number of hydrogen-bond acceptors (Lipinski definition) is 6. The van der Waals surface area contributed by atoms with Gasteiger partial charge in [0.05, 0.1) is 31.3 Å². The molecule has 8 nitrogen and oxygen atoms in total. The molecule has 4 aliphatic heterocycles. The minimum Gasteiger partial charge on any atom is -0.465 e. The van der Waals surface area contributed by atoms with Crippen LogP contribution in [0.25, 0.3) is 0 Å². The average molecular weight is 447 g/mol. The molecule has 0 bridgehead atoms. The Hall–Kier alpha value is -2.19. The predicted octanol–water partition coefficient (Wildman–Crippen LogP) is 1.28. The number of likely N-dealkylation sites (tertiary alicyclic amines) is 1. The molecular formula is C24H34N2O6. The van der Waals surface area contributed by atoms with Crippen molar-refractivity contribution in [1.82, 2.24) is 9.80 Å². The summed E-state index contributed by atoms with van der Waals surface area (Å²) in [6, 6.07) is -1.54. The van der Waals surface area contributed by atoms with Gasteiger partial charge < -0.3 is 24.4 Å². The smallest absolute Gasteiger partial charge is 0.312 e. The molecule has 176 valence electrons. The lowest BCUT2D eigenvalue weighted by atomic mass is 9.77. The van der Waals surface area contributed by atoms with Crippen molar-refractivity contribution in [3.05, 3.63) is 24.3 Å². The molecule has 0 saturated carbocycles. The van der Waals surface area contributed by atoms with E-state index in [2.05, 4.69) is 0 Å². The molecule has 1 spiro atoms. The first-order chi connectivity index (χ1) is 15.0. The first-order valence-corrected chi connectivity index (χ1v) is 11.5. The average Bonchev–Trinajstić information content (AvgIpc) is 3.06. The van der Waals surface area contributed by atoms with E-state index in [1.54, 1.807) is 4.90 Å². The zero-order valence-corrected chi connectivity index (χ0v) is 19.5. The molecule has 4 aliphatic rings. The summed E-state index contributed by atoms with van der Waals surface area (Å²) in [7, 11) is 0. The van der Waals surface area contributed by atoms with Crippen molar-refractivity contribution < 1.29 is 29.0 Å². The lowest BCUT2D eigenvalue weighted by Crippen LogP contribution is -2.61. The zero-order valence-electron chi connectivity index (χ0n) is 19.5. The Kier molecular flexibility index (Phi) is 5.74. The van der Waals surface area contributed by atoms with Gasteiger partial charge in [0.15, 0.2) is 0 Å². The number of esters is 1. The quantitative estimate of drug-likeness (QED) is 0.518. The molecule has 6 atom stereocenters. The van der Waals surface area contributed by atoms with Gasteiger partial charge in [-0.2, -0.15) is 0 Å². The van der Waals surface area contributed by atoms with E-state index >= 15 is 0 Å². The van der Waals surface area contributed by atoms with Crippen LogP contribution in [0.2, 0.25) is 0 Å². The Labute approximate surface area is 189 Å². The van der Waals surface area contributed by atoms with Crippen LogP contribution in [0.15, 0.2) is 24.3 Å². The zero-order chi connectivity index (χ0) is 23.4. The van der Waals surface area contributed by atoms with Crippen molar-refractivity contribution in [3.8, 4) is 0 Å². The number of carbonyl (C=O) groups is 3. The first kappa shape index (κ1) is 23.0. The predicted molar refractivity (Wildman–Crippen MR) is 116 cm³/mol. The lowest BCUT2D eigenvalue weighted by Gasteiger charge is -2.42. The minimum atomic E-state index is -1.29. The van der Waals surface area contributed by atoms with Gasteiger partial charge in [0.25, 0.3) is 0 Å². The topological polar surface area (TPSA) is 96.4 Å². The van der Waals surface area contributed by atoms with Gasteiger partial charge in [0.2, 0.25) is 11.8 Å². The number of rotatable bonds is 3. The second kappa shape index (κ2) is 7.99. The van der Waals surface area contributed by atoms with Gasteiger partial charge in [-0.15, -0.1) is 0 Å². The molecule has 32 heavy (non-hydrogen) atoms. The van der Waals surface area contributed by atoms with E-state index < -0.39 is 47.1 Å². The van der Waals surface area contributed by atoms with Crippen molar-refractivity contribution in [2.75, 3.05) is 19.8 Å². The SMILES string of the molecule is CC(C)[C@H](CO)N1C(=O)[C@@H]2[C@H]3C(=O)OCCC=C[C@H]3O[C@@]23C=CCN(C(C)(C)C)C(=O)C13. The maximum atomic E-state index is 14.0. The fourth-order valence-corrected chi connectivity index (χ4v) is 5.63. The molecule has 1 unspecified atom stereocenters. The third-order valence-electron chi connectivity index (χ3n) is 7.18. The largest absolute Gasteiger partial charge is 0.465 e. The van der Waals surface area contributed by atoms with E-state index in [1.807, 2.05) is 58.9 Å². The van der Waals surface area contributed by atoms with Crippen molar-refractivity contribution in [2.24, 2.45) is 17.8 Å². The monoisotopic (exact) mass is 446 g/mol. The van der Waals surface area contributed by atoms with Crippen LogP contribution in [0.1, 0.15) is 41.0 Å². The van der Waals surface area contributed by atoms with Gasteiger partial charge in [-0.05, 0) is 33.1 Å². The summed E-state index contributed by atoms with van der Waals surface area (Å²) in [5.74, 6) is -2.86. The molecule has 0 aliphatic carbocycles. The molecule has 0 aromatic carbocycles. The maximum absolute atomic E-state index is 14.0. The summed E-state index contributed by atoms with van der Waals surface area (Å²) in [6.07, 6.45) is 7.32. The normalized spacial score (nSPS) is 35.8. The Morgan fingerprint density at radius 2 is 1.91 bits per heavy atom. The number of ether oxygens (including phenoxy) is 2. The second-order valence-electron chi connectivity index (χ2n) is 10.5. The highest BCUT2D eigenvalue weighted by Crippen LogP contribution is 2.54. The molecule has 2 amide bonds. The van der Waals surface area contributed by atoms with Crippen LogP contribution < -0.4 is 0 Å². The van der Waals surface area contributed by atoms with Crippen LogP contribution in [-0.4, -0.2) is 81.8 Å². The van der Waals surface area contributed by atoms with Crippen molar-refractivity contribution in [2.45, 2.75) is 70.4 Å². The van der Waals surface area contributed by atoms with Gasteiger partial charge >= 0.3 is 5.97 Å². The third-order valence-corrected chi connectivity index (χ3v) is 7.18. The number of hydrogen-bond donors (Lipinski definition) is 1. The summed E-state index contributed by atoms with van der Waals surface area (Å²) in [4.78, 5) is 44.2. The molecule has 1 N–H and O–H groups in total. The minimum absolute atomic E-state index is 0.0945. The second-order valence-corrected chi connectivity index (χ2v) is 10.5. The fourth-order valence-electron chi connectivity index (χ4n) is 5.63. The Bertz CT molecular complexity index is 859. The molecule has 0 radical (unpaired) electrons. The van der Waals surface area contributed by atoms with Gasteiger partial charge in [-0.1, -0.05) is 38.2 Å². The standard InChI is InChI=1S/C24H34N2O6/c1-14(2)15(13-27)26-19-21(29)25(23(3,4)5)11-8-10-24(19)18(20(26)28)17-16(32-24)9-6-7-12-31-22(17)30/h6,8-10,14-19,27H,7,11-13H2,1-5H3/t15-,16+,17-,18-,19?,24-/m0/s1. The van der Waals surface area contributed by atoms with Crippen LogP contribution in [-0.2, 0) is 23.9 Å². The summed E-state index contributed by atoms with van der Waals surface area (Å²) in [5.41, 5.74) is -1.77. The number of carbonyl (C=O) groups excluding carboxylic acids is 3. The first-order valence-electron chi connectivity index (χ1n) is 11.5. The van der Waals surface area contributed by atoms with Crippen molar-refractivity contribution in [1.29, 1.82) is 0 Å². The molecule has 2 saturated heterocycles. The van der Waals surface area contributed by atoms with E-state index in [9.17, 15) is 19.5 Å². The summed E-state index contributed by atoms with van der Waals surface area (Å²) < 4.78 is 11.9. The highest BCUT2D eigenvalue weighted by atomic mass is 16.6. The Morgan fingerprint density at radius 3 is 2.53 bits per heavy atom.